The van der Waals surface area contributed by atoms with Crippen LogP contribution < -0.4 is 0 Å². The van der Waals surface area contributed by atoms with Crippen molar-refractivity contribution in [3.63, 3.8) is 0 Å². The molecule has 2 bridgehead atoms. The highest BCUT2D eigenvalue weighted by molar-refractivity contribution is 7.64. The van der Waals surface area contributed by atoms with Gasteiger partial charge in [-0.2, -0.15) is 4.67 Å². The van der Waals surface area contributed by atoms with E-state index in [1.165, 1.54) is 6.92 Å². The first-order chi connectivity index (χ1) is 5.43. The Balaban J connectivity index is 2.34. The van der Waals surface area contributed by atoms with Gasteiger partial charge in [0.15, 0.2) is 0 Å². The molecule has 0 saturated carbocycles. The van der Waals surface area contributed by atoms with Crippen LogP contribution in [0.5, 0.6) is 0 Å². The molecule has 0 amide bonds. The molecule has 1 atom stereocenters. The molecule has 0 aromatic rings. The maximum atomic E-state index is 11.7. The summed E-state index contributed by atoms with van der Waals surface area (Å²) in [5, 5.41) is 0. The Kier molecular flexibility index (Phi) is 1.63. The monoisotopic (exact) mass is 214 g/mol. The average Bonchev–Trinajstić information content (AvgIpc) is 1.95. The smallest absolute Gasteiger partial charge is 0.284 e. The van der Waals surface area contributed by atoms with E-state index in [4.69, 9.17) is 9.05 Å². The molecular weight excluding hydrogens is 206 g/mol. The molecule has 6 nitrogen and oxygen atoms in total. The molecular formula is C4H8O6P2. The zero-order chi connectivity index (χ0) is 9.04. The molecule has 0 spiro atoms. The lowest BCUT2D eigenvalue weighted by Gasteiger charge is -2.48. The molecule has 0 aromatic heterocycles. The molecule has 8 heteroatoms. The van der Waals surface area contributed by atoms with Gasteiger partial charge in [-0.25, -0.2) is 13.6 Å². The van der Waals surface area contributed by atoms with Crippen LogP contribution in [0, 0.1) is 0 Å². The van der Waals surface area contributed by atoms with E-state index in [2.05, 4.69) is 9.35 Å². The van der Waals surface area contributed by atoms with Gasteiger partial charge in [0.05, 0.1) is 0 Å². The highest BCUT2D eigenvalue weighted by atomic mass is 31.2. The second kappa shape index (κ2) is 2.21. The van der Waals surface area contributed by atoms with Gasteiger partial charge in [0.2, 0.25) is 0 Å². The second-order valence-corrected chi connectivity index (χ2v) is 7.02. The van der Waals surface area contributed by atoms with Gasteiger partial charge in [0, 0.05) is 13.1 Å². The van der Waals surface area contributed by atoms with Crippen molar-refractivity contribution in [2.24, 2.45) is 0 Å². The average molecular weight is 214 g/mol. The fourth-order valence-corrected chi connectivity index (χ4v) is 5.15. The van der Waals surface area contributed by atoms with E-state index in [-0.39, 0.29) is 6.16 Å². The van der Waals surface area contributed by atoms with Crippen molar-refractivity contribution in [1.82, 2.24) is 0 Å². The number of phosphoric ester groups is 1. The van der Waals surface area contributed by atoms with Crippen LogP contribution in [0.2, 0.25) is 0 Å². The van der Waals surface area contributed by atoms with Crippen molar-refractivity contribution in [3.8, 4) is 0 Å². The fourth-order valence-electron chi connectivity index (χ4n) is 1.08. The van der Waals surface area contributed by atoms with Crippen LogP contribution in [0.4, 0.5) is 0 Å². The zero-order valence-corrected chi connectivity index (χ0v) is 8.34. The lowest BCUT2D eigenvalue weighted by atomic mass is 10.8. The molecule has 3 rings (SSSR count). The number of rotatable bonds is 1. The normalized spacial score (nSPS) is 57.8. The van der Waals surface area contributed by atoms with Crippen LogP contribution in [0.25, 0.3) is 0 Å². The van der Waals surface area contributed by atoms with Gasteiger partial charge in [-0.15, -0.1) is 4.67 Å². The molecule has 70 valence electrons. The summed E-state index contributed by atoms with van der Waals surface area (Å²) in [5.41, 5.74) is -1.37. The molecule has 3 saturated heterocycles. The van der Waals surface area contributed by atoms with Gasteiger partial charge < -0.3 is 0 Å². The molecule has 0 aromatic carbocycles. The Hall–Kier alpha value is 0.300. The van der Waals surface area contributed by atoms with Crippen LogP contribution in [0.1, 0.15) is 13.8 Å². The Labute approximate surface area is 69.1 Å². The van der Waals surface area contributed by atoms with Gasteiger partial charge in [-0.05, 0) is 0 Å². The first-order valence-electron chi connectivity index (χ1n) is 3.42. The highest BCUT2D eigenvalue weighted by Crippen LogP contribution is 2.83. The quantitative estimate of drug-likeness (QED) is 0.491. The van der Waals surface area contributed by atoms with Crippen LogP contribution in [0.3, 0.4) is 0 Å². The fraction of sp³-hybridized carbons (Fsp3) is 1.00. The van der Waals surface area contributed by atoms with Crippen LogP contribution in [0.15, 0.2) is 0 Å². The van der Waals surface area contributed by atoms with E-state index in [0.29, 0.717) is 0 Å². The Morgan fingerprint density at radius 1 is 1.25 bits per heavy atom. The summed E-state index contributed by atoms with van der Waals surface area (Å²) >= 11 is 0. The van der Waals surface area contributed by atoms with Crippen LogP contribution >= 0.6 is 15.2 Å². The summed E-state index contributed by atoms with van der Waals surface area (Å²) in [6.07, 6.45) is 0.212. The maximum absolute atomic E-state index is 11.7. The minimum Gasteiger partial charge on any atom is -0.284 e. The number of phosphoric acid groups is 1. The molecule has 0 radical (unpaired) electrons. The number of fused-ring (bicyclic) bond motifs is 2. The first kappa shape index (κ1) is 8.88. The Bertz CT molecular complexity index is 301. The lowest BCUT2D eigenvalue weighted by Crippen LogP contribution is -2.44. The van der Waals surface area contributed by atoms with Gasteiger partial charge in [0.25, 0.3) is 12.9 Å². The Morgan fingerprint density at radius 2 is 1.83 bits per heavy atom. The number of hydrogen-bond acceptors (Lipinski definition) is 6. The minimum absolute atomic E-state index is 0.212. The summed E-state index contributed by atoms with van der Waals surface area (Å²) < 4.78 is 41.0. The molecule has 3 fully saturated rings. The molecule has 0 N–H and O–H groups in total. The predicted octanol–water partition coefficient (Wildman–Crippen LogP) is 2.07. The molecule has 12 heavy (non-hydrogen) atoms. The van der Waals surface area contributed by atoms with Gasteiger partial charge >= 0.3 is 7.82 Å². The van der Waals surface area contributed by atoms with Crippen molar-refractivity contribution >= 4 is 15.2 Å². The van der Waals surface area contributed by atoms with E-state index < -0.39 is 20.7 Å². The lowest BCUT2D eigenvalue weighted by molar-refractivity contribution is -0.265. The topological polar surface area (TPSA) is 71.1 Å². The SMILES string of the molecule is CCP1(=O)OOP2(=O)OC1(C)O2. The van der Waals surface area contributed by atoms with Crippen molar-refractivity contribution in [3.05, 3.63) is 0 Å². The molecule has 3 heterocycles. The largest absolute Gasteiger partial charge is 0.508 e. The zero-order valence-electron chi connectivity index (χ0n) is 6.55. The van der Waals surface area contributed by atoms with E-state index in [0.717, 1.165) is 0 Å². The van der Waals surface area contributed by atoms with E-state index >= 15 is 0 Å². The molecule has 0 aliphatic carbocycles. The summed E-state index contributed by atoms with van der Waals surface area (Å²) in [7, 11) is -6.61. The molecule has 3 aliphatic rings. The summed E-state index contributed by atoms with van der Waals surface area (Å²) in [5.74, 6) is 0. The minimum atomic E-state index is -3.50. The first-order valence-corrected chi connectivity index (χ1v) is 6.69. The van der Waals surface area contributed by atoms with Crippen molar-refractivity contribution in [2.45, 2.75) is 19.4 Å². The standard InChI is InChI=1S/C4H8O6P2/c1-3-11(5)4(2)7-12(6,8-4)10-9-11/h3H2,1-2H3. The van der Waals surface area contributed by atoms with E-state index in [1.807, 2.05) is 0 Å². The third-order valence-corrected chi connectivity index (χ3v) is 6.22. The Morgan fingerprint density at radius 3 is 2.25 bits per heavy atom. The number of hydrogen-bond donors (Lipinski definition) is 0. The van der Waals surface area contributed by atoms with Crippen molar-refractivity contribution in [2.75, 3.05) is 6.16 Å². The van der Waals surface area contributed by atoms with E-state index in [9.17, 15) is 9.13 Å². The summed E-state index contributed by atoms with van der Waals surface area (Å²) in [6, 6.07) is 0. The third kappa shape index (κ3) is 0.909. The highest BCUT2D eigenvalue weighted by Gasteiger charge is 2.70. The molecule has 1 unspecified atom stereocenters. The van der Waals surface area contributed by atoms with E-state index in [1.54, 1.807) is 6.92 Å². The predicted molar refractivity (Wildman–Crippen MR) is 38.5 cm³/mol. The van der Waals surface area contributed by atoms with Crippen molar-refractivity contribution < 1.29 is 27.5 Å². The van der Waals surface area contributed by atoms with Gasteiger partial charge in [-0.1, -0.05) is 6.92 Å². The second-order valence-electron chi connectivity index (χ2n) is 2.67. The van der Waals surface area contributed by atoms with Gasteiger partial charge in [-0.3, -0.25) is 4.57 Å². The summed E-state index contributed by atoms with van der Waals surface area (Å²) in [4.78, 5) is 0. The van der Waals surface area contributed by atoms with Crippen molar-refractivity contribution in [1.29, 1.82) is 0 Å². The van der Waals surface area contributed by atoms with Gasteiger partial charge in [0.1, 0.15) is 0 Å². The maximum Gasteiger partial charge on any atom is 0.508 e. The molecule has 3 aliphatic heterocycles. The van der Waals surface area contributed by atoms with Crippen LogP contribution in [-0.4, -0.2) is 11.7 Å². The third-order valence-electron chi connectivity index (χ3n) is 1.84. The van der Waals surface area contributed by atoms with Crippen LogP contribution in [-0.2, 0) is 27.5 Å². The summed E-state index contributed by atoms with van der Waals surface area (Å²) in [6.45, 7) is 3.08.